The zero-order chi connectivity index (χ0) is 16.8. The molecule has 0 aromatic heterocycles. The SMILES string of the molecule is CCCCOCC(=O)NC(C=O)CCCNC(=N)N[N+](=O)[O-]. The second-order valence-electron chi connectivity index (χ2n) is 4.53. The van der Waals surface area contributed by atoms with Gasteiger partial charge < -0.3 is 20.2 Å². The highest BCUT2D eigenvalue weighted by Gasteiger charge is 2.11. The molecule has 0 radical (unpaired) electrons. The van der Waals surface area contributed by atoms with E-state index < -0.39 is 17.0 Å². The highest BCUT2D eigenvalue weighted by atomic mass is 16.7. The first kappa shape index (κ1) is 19.8. The van der Waals surface area contributed by atoms with E-state index in [1.54, 1.807) is 5.43 Å². The quantitative estimate of drug-likeness (QED) is 0.0953. The normalized spacial score (nSPS) is 11.3. The number of rotatable bonds is 12. The first-order valence-corrected chi connectivity index (χ1v) is 7.05. The molecule has 0 aliphatic heterocycles. The van der Waals surface area contributed by atoms with Crippen molar-refractivity contribution in [2.24, 2.45) is 0 Å². The van der Waals surface area contributed by atoms with E-state index in [2.05, 4.69) is 10.6 Å². The number of amides is 1. The van der Waals surface area contributed by atoms with Crippen LogP contribution in [0.3, 0.4) is 0 Å². The van der Waals surface area contributed by atoms with Crippen LogP contribution in [0.5, 0.6) is 0 Å². The zero-order valence-corrected chi connectivity index (χ0v) is 12.6. The lowest BCUT2D eigenvalue weighted by Crippen LogP contribution is -2.41. The molecule has 0 spiro atoms. The third-order valence-electron chi connectivity index (χ3n) is 2.58. The lowest BCUT2D eigenvalue weighted by atomic mass is 10.2. The molecule has 0 rings (SSSR count). The van der Waals surface area contributed by atoms with Gasteiger partial charge in [-0.05, 0) is 19.3 Å². The largest absolute Gasteiger partial charge is 0.372 e. The fourth-order valence-corrected chi connectivity index (χ4v) is 1.50. The predicted molar refractivity (Wildman–Crippen MR) is 78.8 cm³/mol. The molecule has 0 heterocycles. The number of hydrogen-bond acceptors (Lipinski definition) is 6. The minimum absolute atomic E-state index is 0.0833. The van der Waals surface area contributed by atoms with Crippen molar-refractivity contribution in [3.8, 4) is 0 Å². The van der Waals surface area contributed by atoms with E-state index in [-0.39, 0.29) is 19.1 Å². The summed E-state index contributed by atoms with van der Waals surface area (Å²) in [6.45, 7) is 2.71. The topological polar surface area (TPSA) is 146 Å². The molecule has 0 aliphatic rings. The molecule has 0 fully saturated rings. The Kier molecular flexibility index (Phi) is 11.2. The average molecular weight is 317 g/mol. The lowest BCUT2D eigenvalue weighted by molar-refractivity contribution is -0.525. The van der Waals surface area contributed by atoms with Gasteiger partial charge in [-0.25, -0.2) is 10.1 Å². The van der Waals surface area contributed by atoms with Gasteiger partial charge in [0.2, 0.25) is 5.91 Å². The summed E-state index contributed by atoms with van der Waals surface area (Å²) < 4.78 is 5.13. The molecule has 10 nitrogen and oxygen atoms in total. The Bertz CT molecular complexity index is 377. The summed E-state index contributed by atoms with van der Waals surface area (Å²) in [6, 6.07) is -0.637. The summed E-state index contributed by atoms with van der Waals surface area (Å²) in [6.07, 6.45) is 3.31. The van der Waals surface area contributed by atoms with Crippen LogP contribution in [0.25, 0.3) is 0 Å². The van der Waals surface area contributed by atoms with Gasteiger partial charge in [0.05, 0.1) is 6.04 Å². The first-order valence-electron chi connectivity index (χ1n) is 7.05. The van der Waals surface area contributed by atoms with Crippen molar-refractivity contribution >= 4 is 18.2 Å². The molecule has 0 aromatic rings. The second kappa shape index (κ2) is 12.5. The van der Waals surface area contributed by atoms with E-state index >= 15 is 0 Å². The number of carbonyl (C=O) groups excluding carboxylic acids is 2. The van der Waals surface area contributed by atoms with Crippen molar-refractivity contribution < 1.29 is 19.4 Å². The molecule has 1 amide bonds. The number of aldehydes is 1. The molecule has 22 heavy (non-hydrogen) atoms. The van der Waals surface area contributed by atoms with Gasteiger partial charge in [-0.2, -0.15) is 0 Å². The fraction of sp³-hybridized carbons (Fsp3) is 0.750. The molecular weight excluding hydrogens is 294 g/mol. The van der Waals surface area contributed by atoms with Crippen molar-refractivity contribution in [3.63, 3.8) is 0 Å². The summed E-state index contributed by atoms with van der Waals surface area (Å²) >= 11 is 0. The summed E-state index contributed by atoms with van der Waals surface area (Å²) in [4.78, 5) is 32.4. The molecular formula is C12H23N5O5. The van der Waals surface area contributed by atoms with Crippen LogP contribution in [0.2, 0.25) is 0 Å². The van der Waals surface area contributed by atoms with E-state index in [1.807, 2.05) is 6.92 Å². The van der Waals surface area contributed by atoms with Crippen LogP contribution in [-0.4, -0.2) is 49.0 Å². The van der Waals surface area contributed by atoms with Crippen molar-refractivity contribution in [2.45, 2.75) is 38.6 Å². The Morgan fingerprint density at radius 1 is 1.45 bits per heavy atom. The lowest BCUT2D eigenvalue weighted by Gasteiger charge is -2.13. The minimum atomic E-state index is -0.845. The minimum Gasteiger partial charge on any atom is -0.372 e. The number of hydrogen-bond donors (Lipinski definition) is 4. The Labute approximate surface area is 128 Å². The number of nitrogens with one attached hydrogen (secondary N) is 4. The van der Waals surface area contributed by atoms with Gasteiger partial charge in [-0.1, -0.05) is 18.8 Å². The van der Waals surface area contributed by atoms with E-state index in [1.165, 1.54) is 0 Å². The molecule has 4 N–H and O–H groups in total. The number of carbonyl (C=O) groups is 2. The van der Waals surface area contributed by atoms with E-state index in [0.29, 0.717) is 25.7 Å². The van der Waals surface area contributed by atoms with Crippen LogP contribution >= 0.6 is 0 Å². The van der Waals surface area contributed by atoms with Crippen molar-refractivity contribution in [1.29, 1.82) is 5.41 Å². The van der Waals surface area contributed by atoms with E-state index in [9.17, 15) is 19.7 Å². The molecule has 0 saturated carbocycles. The summed E-state index contributed by atoms with van der Waals surface area (Å²) in [5, 5.41) is 21.4. The number of nitrogens with zero attached hydrogens (tertiary/aromatic N) is 1. The molecule has 0 aromatic carbocycles. The standard InChI is InChI=1S/C12H23N5O5/c1-2-3-7-22-9-11(19)15-10(8-18)5-4-6-14-12(13)16-17(20)21/h8,10H,2-7,9H2,1H3,(H,15,19)(H3,13,14,16). The molecule has 0 saturated heterocycles. The average Bonchev–Trinajstić information content (AvgIpc) is 2.46. The molecule has 10 heteroatoms. The first-order chi connectivity index (χ1) is 10.5. The second-order valence-corrected chi connectivity index (χ2v) is 4.53. The maximum atomic E-state index is 11.5. The van der Waals surface area contributed by atoms with Crippen LogP contribution in [0.15, 0.2) is 0 Å². The predicted octanol–water partition coefficient (Wildman–Crippen LogP) is -0.427. The Balaban J connectivity index is 3.78. The Morgan fingerprint density at radius 3 is 2.77 bits per heavy atom. The van der Waals surface area contributed by atoms with Gasteiger partial charge in [0, 0.05) is 13.2 Å². The van der Waals surface area contributed by atoms with E-state index in [4.69, 9.17) is 10.1 Å². The number of guanidine groups is 1. The molecule has 0 bridgehead atoms. The fourth-order valence-electron chi connectivity index (χ4n) is 1.50. The summed E-state index contributed by atoms with van der Waals surface area (Å²) in [5.74, 6) is -0.787. The maximum absolute atomic E-state index is 11.5. The van der Waals surface area contributed by atoms with Gasteiger partial charge >= 0.3 is 0 Å². The molecule has 0 aliphatic carbocycles. The van der Waals surface area contributed by atoms with Gasteiger partial charge in [-0.3, -0.25) is 10.2 Å². The van der Waals surface area contributed by atoms with Gasteiger partial charge in [-0.15, -0.1) is 0 Å². The van der Waals surface area contributed by atoms with Crippen molar-refractivity contribution in [2.75, 3.05) is 19.8 Å². The van der Waals surface area contributed by atoms with Gasteiger partial charge in [0.25, 0.3) is 5.96 Å². The van der Waals surface area contributed by atoms with E-state index in [0.717, 1.165) is 12.8 Å². The molecule has 1 atom stereocenters. The summed E-state index contributed by atoms with van der Waals surface area (Å²) in [5.41, 5.74) is 1.65. The highest BCUT2D eigenvalue weighted by Crippen LogP contribution is 1.94. The third kappa shape index (κ3) is 11.6. The Morgan fingerprint density at radius 2 is 2.18 bits per heavy atom. The maximum Gasteiger partial charge on any atom is 0.251 e. The van der Waals surface area contributed by atoms with Crippen molar-refractivity contribution in [3.05, 3.63) is 10.1 Å². The van der Waals surface area contributed by atoms with Crippen LogP contribution < -0.4 is 16.1 Å². The van der Waals surface area contributed by atoms with Gasteiger partial charge in [0.15, 0.2) is 5.03 Å². The van der Waals surface area contributed by atoms with Gasteiger partial charge in [0.1, 0.15) is 12.9 Å². The zero-order valence-electron chi connectivity index (χ0n) is 12.6. The highest BCUT2D eigenvalue weighted by molar-refractivity contribution is 5.80. The number of hydrazine groups is 1. The number of ether oxygens (including phenoxy) is 1. The number of unbranched alkanes of at least 4 members (excludes halogenated alkanes) is 1. The molecule has 126 valence electrons. The monoisotopic (exact) mass is 317 g/mol. The summed E-state index contributed by atoms with van der Waals surface area (Å²) in [7, 11) is 0. The van der Waals surface area contributed by atoms with Crippen LogP contribution in [-0.2, 0) is 14.3 Å². The Hall–Kier alpha value is -2.23. The van der Waals surface area contributed by atoms with Crippen LogP contribution in [0.1, 0.15) is 32.6 Å². The molecule has 1 unspecified atom stereocenters. The van der Waals surface area contributed by atoms with Crippen LogP contribution in [0.4, 0.5) is 0 Å². The van der Waals surface area contributed by atoms with Crippen LogP contribution in [0, 0.1) is 15.5 Å². The van der Waals surface area contributed by atoms with Crippen molar-refractivity contribution in [1.82, 2.24) is 16.1 Å². The smallest absolute Gasteiger partial charge is 0.251 e. The third-order valence-corrected chi connectivity index (χ3v) is 2.58. The number of nitro groups is 1.